The third-order valence-corrected chi connectivity index (χ3v) is 4.18. The maximum absolute atomic E-state index is 12.3. The highest BCUT2D eigenvalue weighted by atomic mass is 16.4. The predicted octanol–water partition coefficient (Wildman–Crippen LogP) is 2.61. The van der Waals surface area contributed by atoms with Crippen LogP contribution in [-0.2, 0) is 9.59 Å². The molecule has 1 heterocycles. The van der Waals surface area contributed by atoms with Gasteiger partial charge in [0.05, 0.1) is 5.41 Å². The number of benzene rings is 1. The SMILES string of the molecule is CC(C)C(=O)Nc1cccc(NC(=O)N2CCC(C)(C(=O)O)C2)c1. The van der Waals surface area contributed by atoms with E-state index in [4.69, 9.17) is 0 Å². The van der Waals surface area contributed by atoms with Gasteiger partial charge in [0, 0.05) is 30.4 Å². The van der Waals surface area contributed by atoms with Gasteiger partial charge in [0.2, 0.25) is 5.91 Å². The Kier molecular flexibility index (Phi) is 5.11. The molecule has 0 bridgehead atoms. The molecule has 0 spiro atoms. The fourth-order valence-corrected chi connectivity index (χ4v) is 2.47. The van der Waals surface area contributed by atoms with Gasteiger partial charge < -0.3 is 20.6 Å². The van der Waals surface area contributed by atoms with E-state index in [1.54, 1.807) is 45.0 Å². The summed E-state index contributed by atoms with van der Waals surface area (Å²) in [6.07, 6.45) is 0.431. The Morgan fingerprint density at radius 1 is 1.21 bits per heavy atom. The molecule has 1 aliphatic rings. The standard InChI is InChI=1S/C17H23N3O4/c1-11(2)14(21)18-12-5-4-6-13(9-12)19-16(24)20-8-7-17(3,10-20)15(22)23/h4-6,9,11H,7-8,10H2,1-3H3,(H,18,21)(H,19,24)(H,22,23). The normalized spacial score (nSPS) is 20.1. The van der Waals surface area contributed by atoms with Crippen molar-refractivity contribution in [3.05, 3.63) is 24.3 Å². The smallest absolute Gasteiger partial charge is 0.321 e. The number of hydrogen-bond acceptors (Lipinski definition) is 3. The first-order valence-electron chi connectivity index (χ1n) is 7.91. The lowest BCUT2D eigenvalue weighted by atomic mass is 9.90. The van der Waals surface area contributed by atoms with E-state index < -0.39 is 11.4 Å². The van der Waals surface area contributed by atoms with Crippen molar-refractivity contribution in [2.45, 2.75) is 27.2 Å². The maximum atomic E-state index is 12.3. The lowest BCUT2D eigenvalue weighted by Crippen LogP contribution is -2.37. The minimum atomic E-state index is -0.898. The minimum Gasteiger partial charge on any atom is -0.481 e. The molecule has 0 saturated carbocycles. The molecule has 1 aliphatic heterocycles. The summed E-state index contributed by atoms with van der Waals surface area (Å²) in [4.78, 5) is 36.8. The molecule has 3 amide bonds. The van der Waals surface area contributed by atoms with E-state index >= 15 is 0 Å². The molecule has 1 aromatic rings. The van der Waals surface area contributed by atoms with Gasteiger partial charge in [-0.1, -0.05) is 19.9 Å². The van der Waals surface area contributed by atoms with Gasteiger partial charge in [0.1, 0.15) is 0 Å². The Bertz CT molecular complexity index is 659. The van der Waals surface area contributed by atoms with Crippen LogP contribution in [0, 0.1) is 11.3 Å². The average molecular weight is 333 g/mol. The van der Waals surface area contributed by atoms with Gasteiger partial charge in [-0.2, -0.15) is 0 Å². The van der Waals surface area contributed by atoms with Crippen LogP contribution in [0.5, 0.6) is 0 Å². The van der Waals surface area contributed by atoms with Crippen molar-refractivity contribution < 1.29 is 19.5 Å². The molecule has 0 aliphatic carbocycles. The van der Waals surface area contributed by atoms with Crippen LogP contribution in [0.15, 0.2) is 24.3 Å². The molecule has 130 valence electrons. The molecule has 0 aromatic heterocycles. The highest BCUT2D eigenvalue weighted by Crippen LogP contribution is 2.30. The van der Waals surface area contributed by atoms with Gasteiger partial charge in [-0.25, -0.2) is 4.79 Å². The second-order valence-electron chi connectivity index (χ2n) is 6.69. The van der Waals surface area contributed by atoms with Crippen LogP contribution in [0.3, 0.4) is 0 Å². The van der Waals surface area contributed by atoms with Crippen molar-refractivity contribution in [3.63, 3.8) is 0 Å². The molecule has 2 rings (SSSR count). The third kappa shape index (κ3) is 4.04. The number of aliphatic carboxylic acids is 1. The van der Waals surface area contributed by atoms with Crippen LogP contribution >= 0.6 is 0 Å². The highest BCUT2D eigenvalue weighted by Gasteiger charge is 2.42. The van der Waals surface area contributed by atoms with E-state index in [1.807, 2.05) is 0 Å². The second-order valence-corrected chi connectivity index (χ2v) is 6.69. The van der Waals surface area contributed by atoms with Gasteiger partial charge >= 0.3 is 12.0 Å². The quantitative estimate of drug-likeness (QED) is 0.788. The van der Waals surface area contributed by atoms with Crippen molar-refractivity contribution in [1.29, 1.82) is 0 Å². The molecule has 7 heteroatoms. The lowest BCUT2D eigenvalue weighted by Gasteiger charge is -2.20. The van der Waals surface area contributed by atoms with Crippen molar-refractivity contribution >= 4 is 29.3 Å². The predicted molar refractivity (Wildman–Crippen MR) is 90.9 cm³/mol. The first-order valence-corrected chi connectivity index (χ1v) is 7.91. The number of carboxylic acid groups (broad SMARTS) is 1. The molecule has 1 atom stereocenters. The van der Waals surface area contributed by atoms with Crippen LogP contribution in [-0.4, -0.2) is 41.0 Å². The van der Waals surface area contributed by atoms with E-state index in [2.05, 4.69) is 10.6 Å². The molecule has 1 unspecified atom stereocenters. The number of hydrogen-bond donors (Lipinski definition) is 3. The summed E-state index contributed by atoms with van der Waals surface area (Å²) in [5.74, 6) is -1.13. The monoisotopic (exact) mass is 333 g/mol. The Hall–Kier alpha value is -2.57. The van der Waals surface area contributed by atoms with Crippen LogP contribution in [0.25, 0.3) is 0 Å². The zero-order chi connectivity index (χ0) is 17.9. The van der Waals surface area contributed by atoms with Crippen LogP contribution < -0.4 is 10.6 Å². The Morgan fingerprint density at radius 3 is 2.38 bits per heavy atom. The fraction of sp³-hybridized carbons (Fsp3) is 0.471. The van der Waals surface area contributed by atoms with Crippen molar-refractivity contribution in [3.8, 4) is 0 Å². The van der Waals surface area contributed by atoms with Crippen LogP contribution in [0.4, 0.5) is 16.2 Å². The van der Waals surface area contributed by atoms with Gasteiger partial charge in [-0.05, 0) is 31.5 Å². The zero-order valence-corrected chi connectivity index (χ0v) is 14.1. The van der Waals surface area contributed by atoms with E-state index in [1.165, 1.54) is 4.90 Å². The van der Waals surface area contributed by atoms with E-state index in [9.17, 15) is 19.5 Å². The average Bonchev–Trinajstić information content (AvgIpc) is 2.91. The summed E-state index contributed by atoms with van der Waals surface area (Å²) in [5.41, 5.74) is 0.249. The first-order chi connectivity index (χ1) is 11.2. The van der Waals surface area contributed by atoms with Crippen molar-refractivity contribution in [2.24, 2.45) is 11.3 Å². The molecule has 0 radical (unpaired) electrons. The molecule has 7 nitrogen and oxygen atoms in total. The number of carbonyl (C=O) groups excluding carboxylic acids is 2. The van der Waals surface area contributed by atoms with Gasteiger partial charge in [-0.15, -0.1) is 0 Å². The Morgan fingerprint density at radius 2 is 1.83 bits per heavy atom. The topological polar surface area (TPSA) is 98.7 Å². The first kappa shape index (κ1) is 17.8. The number of nitrogens with one attached hydrogen (secondary N) is 2. The Balaban J connectivity index is 2.00. The second kappa shape index (κ2) is 6.90. The minimum absolute atomic E-state index is 0.102. The summed E-state index contributed by atoms with van der Waals surface area (Å²) >= 11 is 0. The number of carboxylic acids is 1. The summed E-state index contributed by atoms with van der Waals surface area (Å²) in [5, 5.41) is 14.7. The van der Waals surface area contributed by atoms with Gasteiger partial charge in [0.15, 0.2) is 0 Å². The van der Waals surface area contributed by atoms with Crippen LogP contribution in [0.2, 0.25) is 0 Å². The summed E-state index contributed by atoms with van der Waals surface area (Å²) < 4.78 is 0. The number of nitrogens with zero attached hydrogens (tertiary/aromatic N) is 1. The molecule has 1 aromatic carbocycles. The summed E-state index contributed by atoms with van der Waals surface area (Å²) in [6, 6.07) is 6.52. The number of anilines is 2. The van der Waals surface area contributed by atoms with Gasteiger partial charge in [0.25, 0.3) is 0 Å². The number of rotatable bonds is 4. The van der Waals surface area contributed by atoms with Crippen LogP contribution in [0.1, 0.15) is 27.2 Å². The molecular weight excluding hydrogens is 310 g/mol. The number of amides is 3. The largest absolute Gasteiger partial charge is 0.481 e. The molecule has 3 N–H and O–H groups in total. The third-order valence-electron chi connectivity index (χ3n) is 4.18. The summed E-state index contributed by atoms with van der Waals surface area (Å²) in [6.45, 7) is 5.82. The lowest BCUT2D eigenvalue weighted by molar-refractivity contribution is -0.147. The maximum Gasteiger partial charge on any atom is 0.321 e. The molecular formula is C17H23N3O4. The zero-order valence-electron chi connectivity index (χ0n) is 14.1. The van der Waals surface area contributed by atoms with Gasteiger partial charge in [-0.3, -0.25) is 9.59 Å². The fourth-order valence-electron chi connectivity index (χ4n) is 2.47. The summed E-state index contributed by atoms with van der Waals surface area (Å²) in [7, 11) is 0. The Labute approximate surface area is 141 Å². The molecule has 1 fully saturated rings. The highest BCUT2D eigenvalue weighted by molar-refractivity contribution is 5.94. The number of urea groups is 1. The van der Waals surface area contributed by atoms with E-state index in [0.29, 0.717) is 24.3 Å². The number of carbonyl (C=O) groups is 3. The molecule has 24 heavy (non-hydrogen) atoms. The molecule has 1 saturated heterocycles. The van der Waals surface area contributed by atoms with Crippen molar-refractivity contribution in [2.75, 3.05) is 23.7 Å². The number of likely N-dealkylation sites (tertiary alicyclic amines) is 1. The van der Waals surface area contributed by atoms with E-state index in [0.717, 1.165) is 0 Å². The van der Waals surface area contributed by atoms with Crippen molar-refractivity contribution in [1.82, 2.24) is 4.90 Å². The van der Waals surface area contributed by atoms with E-state index in [-0.39, 0.29) is 24.4 Å².